The lowest BCUT2D eigenvalue weighted by Gasteiger charge is -2.12. The van der Waals surface area contributed by atoms with Crippen molar-refractivity contribution in [2.45, 2.75) is 25.9 Å². The fourth-order valence-electron chi connectivity index (χ4n) is 2.07. The van der Waals surface area contributed by atoms with Gasteiger partial charge in [-0.15, -0.1) is 0 Å². The van der Waals surface area contributed by atoms with Crippen molar-refractivity contribution in [3.05, 3.63) is 29.8 Å². The summed E-state index contributed by atoms with van der Waals surface area (Å²) < 4.78 is 10.6. The monoisotopic (exact) mass is 291 g/mol. The third-order valence-corrected chi connectivity index (χ3v) is 3.57. The van der Waals surface area contributed by atoms with Crippen LogP contribution in [0.15, 0.2) is 29.3 Å². The molecule has 116 valence electrons. The summed E-state index contributed by atoms with van der Waals surface area (Å²) in [6.07, 6.45) is 1.23. The van der Waals surface area contributed by atoms with Crippen LogP contribution in [0.25, 0.3) is 0 Å². The van der Waals surface area contributed by atoms with Crippen molar-refractivity contribution in [3.8, 4) is 5.75 Å². The van der Waals surface area contributed by atoms with Crippen LogP contribution in [0.3, 0.4) is 0 Å². The van der Waals surface area contributed by atoms with Gasteiger partial charge in [-0.2, -0.15) is 0 Å². The number of methoxy groups -OCH3 is 1. The molecule has 2 rings (SSSR count). The van der Waals surface area contributed by atoms with Gasteiger partial charge in [0.05, 0.1) is 6.61 Å². The second-order valence-corrected chi connectivity index (χ2v) is 5.38. The topological polar surface area (TPSA) is 54.9 Å². The molecular formula is C16H25N3O2. The maximum absolute atomic E-state index is 5.61. The van der Waals surface area contributed by atoms with Crippen molar-refractivity contribution in [2.75, 3.05) is 27.4 Å². The molecule has 1 saturated carbocycles. The number of hydrogen-bond donors (Lipinski definition) is 2. The summed E-state index contributed by atoms with van der Waals surface area (Å²) in [6, 6.07) is 8.63. The molecule has 0 heterocycles. The van der Waals surface area contributed by atoms with Crippen LogP contribution in [0.1, 0.15) is 18.9 Å². The molecule has 1 aliphatic carbocycles. The molecule has 5 heteroatoms. The Morgan fingerprint density at radius 1 is 1.38 bits per heavy atom. The minimum absolute atomic E-state index is 0.566. The third kappa shape index (κ3) is 5.27. The fourth-order valence-corrected chi connectivity index (χ4v) is 2.07. The predicted molar refractivity (Wildman–Crippen MR) is 84.7 cm³/mol. The molecule has 0 saturated heterocycles. The van der Waals surface area contributed by atoms with Crippen molar-refractivity contribution >= 4 is 5.96 Å². The van der Waals surface area contributed by atoms with E-state index in [4.69, 9.17) is 9.47 Å². The van der Waals surface area contributed by atoms with Crippen LogP contribution in [0.5, 0.6) is 5.75 Å². The zero-order chi connectivity index (χ0) is 15.1. The van der Waals surface area contributed by atoms with Gasteiger partial charge in [0.2, 0.25) is 0 Å². The van der Waals surface area contributed by atoms with Crippen molar-refractivity contribution in [3.63, 3.8) is 0 Å². The Hall–Kier alpha value is -1.75. The van der Waals surface area contributed by atoms with Crippen molar-refractivity contribution in [1.82, 2.24) is 10.6 Å². The van der Waals surface area contributed by atoms with E-state index >= 15 is 0 Å². The van der Waals surface area contributed by atoms with Gasteiger partial charge in [0, 0.05) is 26.7 Å². The molecule has 2 atom stereocenters. The van der Waals surface area contributed by atoms with Crippen molar-refractivity contribution in [1.29, 1.82) is 0 Å². The molecule has 0 radical (unpaired) electrons. The molecule has 0 spiro atoms. The second-order valence-electron chi connectivity index (χ2n) is 5.38. The summed E-state index contributed by atoms with van der Waals surface area (Å²) >= 11 is 0. The zero-order valence-electron chi connectivity index (χ0n) is 13.1. The second kappa shape index (κ2) is 7.88. The Labute approximate surface area is 126 Å². The molecule has 2 N–H and O–H groups in total. The molecule has 0 aromatic heterocycles. The van der Waals surface area contributed by atoms with E-state index in [1.54, 1.807) is 14.2 Å². The lowest BCUT2D eigenvalue weighted by Crippen LogP contribution is -2.38. The number of hydrogen-bond acceptors (Lipinski definition) is 3. The maximum Gasteiger partial charge on any atom is 0.191 e. The summed E-state index contributed by atoms with van der Waals surface area (Å²) in [6.45, 7) is 4.13. The minimum Gasteiger partial charge on any atom is -0.491 e. The molecule has 0 amide bonds. The first-order chi connectivity index (χ1) is 10.2. The summed E-state index contributed by atoms with van der Waals surface area (Å²) in [5.41, 5.74) is 1.16. The third-order valence-electron chi connectivity index (χ3n) is 3.57. The Bertz CT molecular complexity index is 476. The number of guanidine groups is 1. The molecule has 1 aromatic carbocycles. The van der Waals surface area contributed by atoms with Gasteiger partial charge in [-0.25, -0.2) is 0 Å². The van der Waals surface area contributed by atoms with Crippen LogP contribution in [-0.2, 0) is 11.3 Å². The molecule has 1 aliphatic rings. The number of rotatable bonds is 7. The fraction of sp³-hybridized carbons (Fsp3) is 0.562. The van der Waals surface area contributed by atoms with E-state index in [-0.39, 0.29) is 0 Å². The van der Waals surface area contributed by atoms with E-state index in [9.17, 15) is 0 Å². The van der Waals surface area contributed by atoms with Crippen molar-refractivity contribution < 1.29 is 9.47 Å². The number of nitrogens with zero attached hydrogens (tertiary/aromatic N) is 1. The van der Waals surface area contributed by atoms with Crippen LogP contribution >= 0.6 is 0 Å². The van der Waals surface area contributed by atoms with Gasteiger partial charge in [0.15, 0.2) is 5.96 Å². The summed E-state index contributed by atoms with van der Waals surface area (Å²) in [5.74, 6) is 2.47. The van der Waals surface area contributed by atoms with Gasteiger partial charge < -0.3 is 20.1 Å². The molecule has 21 heavy (non-hydrogen) atoms. The van der Waals surface area contributed by atoms with E-state index in [1.165, 1.54) is 6.42 Å². The normalized spacial score (nSPS) is 21.0. The SMILES string of the molecule is CN=C(NCc1cccc(OCCOC)c1)NC1CC1C. The number of ether oxygens (including phenoxy) is 2. The summed E-state index contributed by atoms with van der Waals surface area (Å²) in [5, 5.41) is 6.74. The first-order valence-electron chi connectivity index (χ1n) is 7.40. The van der Waals surface area contributed by atoms with Gasteiger partial charge in [-0.3, -0.25) is 4.99 Å². The minimum atomic E-state index is 0.566. The molecule has 1 aromatic rings. The lowest BCUT2D eigenvalue weighted by molar-refractivity contribution is 0.146. The van der Waals surface area contributed by atoms with Crippen LogP contribution < -0.4 is 15.4 Å². The predicted octanol–water partition coefficient (Wildman–Crippen LogP) is 1.79. The van der Waals surface area contributed by atoms with Crippen LogP contribution in [0, 0.1) is 5.92 Å². The van der Waals surface area contributed by atoms with Gasteiger partial charge in [-0.1, -0.05) is 19.1 Å². The molecule has 0 bridgehead atoms. The number of benzene rings is 1. The highest BCUT2D eigenvalue weighted by atomic mass is 16.5. The Morgan fingerprint density at radius 3 is 2.86 bits per heavy atom. The average Bonchev–Trinajstić information content (AvgIpc) is 3.19. The van der Waals surface area contributed by atoms with Crippen LogP contribution in [0.2, 0.25) is 0 Å². The lowest BCUT2D eigenvalue weighted by atomic mass is 10.2. The van der Waals surface area contributed by atoms with Gasteiger partial charge in [0.1, 0.15) is 12.4 Å². The van der Waals surface area contributed by atoms with E-state index < -0.39 is 0 Å². The van der Waals surface area contributed by atoms with E-state index in [1.807, 2.05) is 18.2 Å². The maximum atomic E-state index is 5.61. The van der Waals surface area contributed by atoms with E-state index in [2.05, 4.69) is 28.6 Å². The average molecular weight is 291 g/mol. The highest BCUT2D eigenvalue weighted by molar-refractivity contribution is 5.80. The first kappa shape index (κ1) is 15.6. The molecule has 0 aliphatic heterocycles. The smallest absolute Gasteiger partial charge is 0.191 e. The highest BCUT2D eigenvalue weighted by Crippen LogP contribution is 2.28. The highest BCUT2D eigenvalue weighted by Gasteiger charge is 2.33. The standard InChI is InChI=1S/C16H25N3O2/c1-12-9-15(12)19-16(17-2)18-11-13-5-4-6-14(10-13)21-8-7-20-3/h4-6,10,12,15H,7-9,11H2,1-3H3,(H2,17,18,19). The molecule has 2 unspecified atom stereocenters. The summed E-state index contributed by atoms with van der Waals surface area (Å²) in [7, 11) is 3.47. The van der Waals surface area contributed by atoms with E-state index in [0.717, 1.165) is 29.7 Å². The Morgan fingerprint density at radius 2 is 2.19 bits per heavy atom. The Balaban J connectivity index is 1.80. The van der Waals surface area contributed by atoms with Gasteiger partial charge in [0.25, 0.3) is 0 Å². The molecular weight excluding hydrogens is 266 g/mol. The largest absolute Gasteiger partial charge is 0.491 e. The molecule has 1 fully saturated rings. The van der Waals surface area contributed by atoms with E-state index in [0.29, 0.717) is 19.3 Å². The van der Waals surface area contributed by atoms with Crippen LogP contribution in [-0.4, -0.2) is 39.4 Å². The number of nitrogens with one attached hydrogen (secondary N) is 2. The van der Waals surface area contributed by atoms with Crippen LogP contribution in [0.4, 0.5) is 0 Å². The quantitative estimate of drug-likeness (QED) is 0.457. The Kier molecular flexibility index (Phi) is 5.87. The molecule has 5 nitrogen and oxygen atoms in total. The van der Waals surface area contributed by atoms with Gasteiger partial charge >= 0.3 is 0 Å². The summed E-state index contributed by atoms with van der Waals surface area (Å²) in [4.78, 5) is 4.25. The number of aliphatic imine (C=N–C) groups is 1. The zero-order valence-corrected chi connectivity index (χ0v) is 13.1. The van der Waals surface area contributed by atoms with Crippen molar-refractivity contribution in [2.24, 2.45) is 10.9 Å². The first-order valence-corrected chi connectivity index (χ1v) is 7.40. The van der Waals surface area contributed by atoms with Gasteiger partial charge in [-0.05, 0) is 30.0 Å².